The Labute approximate surface area is 126 Å². The molecule has 0 spiro atoms. The fourth-order valence-corrected chi connectivity index (χ4v) is 2.85. The van der Waals surface area contributed by atoms with E-state index in [-0.39, 0.29) is 12.3 Å². The smallest absolute Gasteiger partial charge is 0.223 e. The molecule has 2 N–H and O–H groups in total. The number of aliphatic hydroxyl groups is 1. The van der Waals surface area contributed by atoms with Crippen molar-refractivity contribution < 1.29 is 14.6 Å². The number of benzene rings is 1. The molecule has 0 aromatic heterocycles. The second-order valence-corrected chi connectivity index (χ2v) is 5.79. The Morgan fingerprint density at radius 1 is 1.29 bits per heavy atom. The minimum absolute atomic E-state index is 0.0781. The fourth-order valence-electron chi connectivity index (χ4n) is 2.85. The van der Waals surface area contributed by atoms with Crippen LogP contribution in [0.25, 0.3) is 0 Å². The van der Waals surface area contributed by atoms with Crippen molar-refractivity contribution in [1.29, 1.82) is 0 Å². The number of nitrogens with one attached hydrogen (secondary N) is 1. The van der Waals surface area contributed by atoms with Crippen LogP contribution < -0.4 is 5.32 Å². The minimum Gasteiger partial charge on any atom is -0.389 e. The van der Waals surface area contributed by atoms with E-state index in [0.717, 1.165) is 36.8 Å². The van der Waals surface area contributed by atoms with Gasteiger partial charge < -0.3 is 15.2 Å². The van der Waals surface area contributed by atoms with Crippen molar-refractivity contribution in [2.24, 2.45) is 0 Å². The Morgan fingerprint density at radius 3 is 2.62 bits per heavy atom. The second-order valence-electron chi connectivity index (χ2n) is 5.79. The van der Waals surface area contributed by atoms with Gasteiger partial charge in [-0.1, -0.05) is 37.1 Å². The third kappa shape index (κ3) is 4.83. The van der Waals surface area contributed by atoms with E-state index in [2.05, 4.69) is 5.32 Å². The lowest BCUT2D eigenvalue weighted by atomic mass is 9.97. The van der Waals surface area contributed by atoms with Gasteiger partial charge in [0.05, 0.1) is 18.6 Å². The second kappa shape index (κ2) is 7.57. The standard InChI is InChI=1S/C17H25NO3/c1-2-21-13-15-8-4-3-7-14(15)12-18-16(19)11-17(20)9-5-6-10-17/h3-4,7-8,20H,2,5-6,9-13H2,1H3,(H,18,19). The van der Waals surface area contributed by atoms with Crippen LogP contribution in [0.2, 0.25) is 0 Å². The average molecular weight is 291 g/mol. The van der Waals surface area contributed by atoms with Crippen molar-refractivity contribution in [3.8, 4) is 0 Å². The minimum atomic E-state index is -0.783. The molecule has 1 saturated carbocycles. The summed E-state index contributed by atoms with van der Waals surface area (Å²) >= 11 is 0. The molecule has 1 aromatic rings. The molecule has 0 saturated heterocycles. The fraction of sp³-hybridized carbons (Fsp3) is 0.588. The molecule has 0 unspecified atom stereocenters. The highest BCUT2D eigenvalue weighted by Crippen LogP contribution is 2.32. The van der Waals surface area contributed by atoms with E-state index in [4.69, 9.17) is 4.74 Å². The van der Waals surface area contributed by atoms with Crippen LogP contribution in [0.1, 0.15) is 50.2 Å². The molecule has 0 atom stereocenters. The van der Waals surface area contributed by atoms with Crippen molar-refractivity contribution in [3.05, 3.63) is 35.4 Å². The molecule has 1 aromatic carbocycles. The number of hydrogen-bond acceptors (Lipinski definition) is 3. The molecule has 1 aliphatic carbocycles. The SMILES string of the molecule is CCOCc1ccccc1CNC(=O)CC1(O)CCCC1. The van der Waals surface area contributed by atoms with Gasteiger partial charge in [0.25, 0.3) is 0 Å². The number of amides is 1. The number of rotatable bonds is 7. The molecule has 116 valence electrons. The molecule has 1 aliphatic rings. The summed E-state index contributed by atoms with van der Waals surface area (Å²) in [5, 5.41) is 13.2. The summed E-state index contributed by atoms with van der Waals surface area (Å²) in [6, 6.07) is 7.95. The lowest BCUT2D eigenvalue weighted by Gasteiger charge is -2.21. The van der Waals surface area contributed by atoms with Crippen molar-refractivity contribution in [3.63, 3.8) is 0 Å². The van der Waals surface area contributed by atoms with Crippen LogP contribution in [0.15, 0.2) is 24.3 Å². The Kier molecular flexibility index (Phi) is 5.76. The number of hydrogen-bond donors (Lipinski definition) is 2. The van der Waals surface area contributed by atoms with E-state index in [1.165, 1.54) is 0 Å². The van der Waals surface area contributed by atoms with E-state index in [1.54, 1.807) is 0 Å². The first-order chi connectivity index (χ1) is 10.1. The predicted octanol–water partition coefficient (Wildman–Crippen LogP) is 2.53. The Hall–Kier alpha value is -1.39. The normalized spacial score (nSPS) is 16.9. The molecule has 4 nitrogen and oxygen atoms in total. The van der Waals surface area contributed by atoms with Gasteiger partial charge in [-0.05, 0) is 30.9 Å². The van der Waals surface area contributed by atoms with Crippen LogP contribution in [-0.2, 0) is 22.7 Å². The number of carbonyl (C=O) groups excluding carboxylic acids is 1. The van der Waals surface area contributed by atoms with Gasteiger partial charge in [0, 0.05) is 13.2 Å². The van der Waals surface area contributed by atoms with Crippen LogP contribution >= 0.6 is 0 Å². The maximum atomic E-state index is 12.0. The first-order valence-electron chi connectivity index (χ1n) is 7.76. The molecule has 0 bridgehead atoms. The molecule has 0 aliphatic heterocycles. The number of carbonyl (C=O) groups is 1. The molecule has 2 rings (SSSR count). The summed E-state index contributed by atoms with van der Waals surface area (Å²) in [6.07, 6.45) is 3.71. The summed E-state index contributed by atoms with van der Waals surface area (Å²) in [5.74, 6) is -0.0781. The molecule has 0 radical (unpaired) electrons. The quantitative estimate of drug-likeness (QED) is 0.811. The largest absolute Gasteiger partial charge is 0.389 e. The first kappa shape index (κ1) is 16.0. The summed E-state index contributed by atoms with van der Waals surface area (Å²) in [4.78, 5) is 12.0. The summed E-state index contributed by atoms with van der Waals surface area (Å²) in [7, 11) is 0. The zero-order valence-electron chi connectivity index (χ0n) is 12.7. The molecule has 1 fully saturated rings. The molecular weight excluding hydrogens is 266 g/mol. The van der Waals surface area contributed by atoms with E-state index in [9.17, 15) is 9.90 Å². The van der Waals surface area contributed by atoms with Crippen molar-refractivity contribution in [2.75, 3.05) is 6.61 Å². The monoisotopic (exact) mass is 291 g/mol. The highest BCUT2D eigenvalue weighted by molar-refractivity contribution is 5.77. The maximum absolute atomic E-state index is 12.0. The van der Waals surface area contributed by atoms with Gasteiger partial charge in [-0.15, -0.1) is 0 Å². The third-order valence-corrected chi connectivity index (χ3v) is 4.08. The van der Waals surface area contributed by atoms with Gasteiger partial charge in [-0.2, -0.15) is 0 Å². The molecule has 0 heterocycles. The third-order valence-electron chi connectivity index (χ3n) is 4.08. The van der Waals surface area contributed by atoms with Crippen LogP contribution in [0.5, 0.6) is 0 Å². The van der Waals surface area contributed by atoms with E-state index >= 15 is 0 Å². The van der Waals surface area contributed by atoms with Crippen molar-refractivity contribution >= 4 is 5.91 Å². The highest BCUT2D eigenvalue weighted by atomic mass is 16.5. The maximum Gasteiger partial charge on any atom is 0.223 e. The highest BCUT2D eigenvalue weighted by Gasteiger charge is 2.33. The van der Waals surface area contributed by atoms with E-state index in [1.807, 2.05) is 31.2 Å². The van der Waals surface area contributed by atoms with Crippen LogP contribution in [0.3, 0.4) is 0 Å². The topological polar surface area (TPSA) is 58.6 Å². The summed E-state index contributed by atoms with van der Waals surface area (Å²) in [6.45, 7) is 3.69. The predicted molar refractivity (Wildman–Crippen MR) is 81.7 cm³/mol. The average Bonchev–Trinajstić information content (AvgIpc) is 2.90. The Morgan fingerprint density at radius 2 is 1.95 bits per heavy atom. The van der Waals surface area contributed by atoms with E-state index < -0.39 is 5.60 Å². The molecular formula is C17H25NO3. The van der Waals surface area contributed by atoms with Gasteiger partial charge in [0.2, 0.25) is 5.91 Å². The van der Waals surface area contributed by atoms with Gasteiger partial charge in [0.1, 0.15) is 0 Å². The molecule has 4 heteroatoms. The van der Waals surface area contributed by atoms with Crippen molar-refractivity contribution in [2.45, 2.75) is 57.8 Å². The number of ether oxygens (including phenoxy) is 1. The van der Waals surface area contributed by atoms with Crippen LogP contribution in [-0.4, -0.2) is 23.2 Å². The van der Waals surface area contributed by atoms with Crippen LogP contribution in [0.4, 0.5) is 0 Å². The van der Waals surface area contributed by atoms with Crippen LogP contribution in [0, 0.1) is 0 Å². The molecule has 21 heavy (non-hydrogen) atoms. The zero-order chi connectivity index (χ0) is 15.1. The first-order valence-corrected chi connectivity index (χ1v) is 7.76. The molecule has 1 amide bonds. The van der Waals surface area contributed by atoms with Gasteiger partial charge in [0.15, 0.2) is 0 Å². The Balaban J connectivity index is 1.86. The summed E-state index contributed by atoms with van der Waals surface area (Å²) in [5.41, 5.74) is 1.38. The van der Waals surface area contributed by atoms with Gasteiger partial charge in [-0.25, -0.2) is 0 Å². The Bertz CT molecular complexity index is 467. The van der Waals surface area contributed by atoms with E-state index in [0.29, 0.717) is 19.8 Å². The van der Waals surface area contributed by atoms with Crippen molar-refractivity contribution in [1.82, 2.24) is 5.32 Å². The lowest BCUT2D eigenvalue weighted by molar-refractivity contribution is -0.126. The van der Waals surface area contributed by atoms with Gasteiger partial charge in [-0.3, -0.25) is 4.79 Å². The zero-order valence-corrected chi connectivity index (χ0v) is 12.7. The lowest BCUT2D eigenvalue weighted by Crippen LogP contribution is -2.34. The summed E-state index contributed by atoms with van der Waals surface area (Å²) < 4.78 is 5.44. The van der Waals surface area contributed by atoms with Gasteiger partial charge >= 0.3 is 0 Å².